The summed E-state index contributed by atoms with van der Waals surface area (Å²) in [6.45, 7) is 3.06. The molecule has 2 aliphatic rings. The van der Waals surface area contributed by atoms with Crippen molar-refractivity contribution in [1.82, 2.24) is 44.6 Å². The molecule has 0 bridgehead atoms. The minimum Gasteiger partial charge on any atom is -0.448 e. The van der Waals surface area contributed by atoms with Crippen LogP contribution in [0.5, 0.6) is 0 Å². The number of hydrogen-bond donors (Lipinski definition) is 3. The lowest BCUT2D eigenvalue weighted by Gasteiger charge is -2.24. The number of anilines is 2. The van der Waals surface area contributed by atoms with Crippen molar-refractivity contribution in [2.24, 2.45) is 0 Å². The highest BCUT2D eigenvalue weighted by Crippen LogP contribution is 2.42. The first-order valence-electron chi connectivity index (χ1n) is 15.4. The van der Waals surface area contributed by atoms with E-state index in [-0.39, 0.29) is 35.5 Å². The lowest BCUT2D eigenvalue weighted by molar-refractivity contribution is -0.211. The molecule has 16 nitrogen and oxygen atoms in total. The summed E-state index contributed by atoms with van der Waals surface area (Å²) in [5, 5.41) is 36.6. The molecule has 1 aromatic carbocycles. The minimum atomic E-state index is -5.34. The van der Waals surface area contributed by atoms with Gasteiger partial charge < -0.3 is 34.8 Å². The van der Waals surface area contributed by atoms with Crippen LogP contribution in [-0.4, -0.2) is 125 Å². The molecule has 2 saturated heterocycles. The second-order valence-electron chi connectivity index (χ2n) is 11.9. The van der Waals surface area contributed by atoms with E-state index in [4.69, 9.17) is 19.4 Å². The van der Waals surface area contributed by atoms with Crippen molar-refractivity contribution in [2.75, 3.05) is 44.0 Å². The smallest absolute Gasteiger partial charge is 0.448 e. The number of halogens is 3. The molecule has 5 heterocycles. The van der Waals surface area contributed by atoms with Gasteiger partial charge in [0.2, 0.25) is 11.8 Å². The summed E-state index contributed by atoms with van der Waals surface area (Å²) in [6.07, 6.45) is -9.40. The summed E-state index contributed by atoms with van der Waals surface area (Å²) in [5.41, 5.74) is 1.31. The number of tetrazole rings is 1. The lowest BCUT2D eigenvalue weighted by Crippen LogP contribution is -2.38. The Morgan fingerprint density at radius 1 is 1.23 bits per heavy atom. The largest absolute Gasteiger partial charge is 0.490 e. The van der Waals surface area contributed by atoms with Gasteiger partial charge in [-0.1, -0.05) is 30.3 Å². The van der Waals surface area contributed by atoms with Crippen LogP contribution in [-0.2, 0) is 27.2 Å². The maximum atomic E-state index is 13.4. The van der Waals surface area contributed by atoms with E-state index in [1.807, 2.05) is 49.3 Å². The molecule has 0 spiro atoms. The molecule has 4 aromatic rings. The van der Waals surface area contributed by atoms with E-state index in [0.717, 1.165) is 12.0 Å². The van der Waals surface area contributed by atoms with Crippen LogP contribution < -0.4 is 10.2 Å². The number of hydrogen-bond acceptors (Lipinski definition) is 14. The molecule has 6 rings (SSSR count). The van der Waals surface area contributed by atoms with Gasteiger partial charge in [-0.3, -0.25) is 4.57 Å². The Bertz CT molecular complexity index is 1720. The molecule has 3 N–H and O–H groups in total. The van der Waals surface area contributed by atoms with Gasteiger partial charge in [0.1, 0.15) is 6.10 Å². The number of carbonyl (C=O) groups is 1. The fourth-order valence-electron chi connectivity index (χ4n) is 5.84. The Kier molecular flexibility index (Phi) is 9.46. The second kappa shape index (κ2) is 13.6. The van der Waals surface area contributed by atoms with Gasteiger partial charge in [0.15, 0.2) is 35.4 Å². The normalized spacial score (nSPS) is 23.7. The first-order valence-corrected chi connectivity index (χ1v) is 15.4. The number of carbonyl (C=O) groups excluding carboxylic acids is 1. The molecule has 0 aliphatic carbocycles. The van der Waals surface area contributed by atoms with Gasteiger partial charge in [-0.05, 0) is 44.6 Å². The van der Waals surface area contributed by atoms with E-state index in [1.165, 1.54) is 15.7 Å². The number of aliphatic hydroxyl groups is 2. The fourth-order valence-corrected chi connectivity index (χ4v) is 5.84. The maximum absolute atomic E-state index is 13.4. The first-order chi connectivity index (χ1) is 23.0. The van der Waals surface area contributed by atoms with Gasteiger partial charge >= 0.3 is 12.1 Å². The number of imidazole rings is 1. The number of ether oxygens (including phenoxy) is 2. The van der Waals surface area contributed by atoms with Crippen LogP contribution >= 0.6 is 0 Å². The molecule has 48 heavy (non-hydrogen) atoms. The van der Waals surface area contributed by atoms with Gasteiger partial charge in [-0.15, -0.1) is 10.2 Å². The summed E-state index contributed by atoms with van der Waals surface area (Å²) < 4.78 is 52.3. The molecule has 2 fully saturated rings. The predicted molar refractivity (Wildman–Crippen MR) is 163 cm³/mol. The standard InChI is InChI=1S/C29H36F3N11O5/c1-4-43-38-24(37-39-43)21-20(45)22(48-27(46)29(30,31)32)26(47-21)42-15-33-19-23(34-17(14-44)12-16-8-6-5-7-9-16)35-28(36-25(19)42)41-11-10-18(13-41)40(2)3/h5-9,15,17-18,20-22,26,44-45H,4,10-14H2,1-3H3,(H,34,35,36)/t17-,18+,20?,21-,22?,26+/m0/s1. The Morgan fingerprint density at radius 2 is 2.00 bits per heavy atom. The zero-order valence-corrected chi connectivity index (χ0v) is 26.4. The molecule has 2 unspecified atom stereocenters. The molecule has 6 atom stereocenters. The molecule has 2 aliphatic heterocycles. The number of nitrogens with zero attached hydrogens (tertiary/aromatic N) is 10. The van der Waals surface area contributed by atoms with Gasteiger partial charge in [-0.25, -0.2) is 9.78 Å². The third-order valence-corrected chi connectivity index (χ3v) is 8.44. The molecule has 0 saturated carbocycles. The van der Waals surface area contributed by atoms with Crippen molar-refractivity contribution in [1.29, 1.82) is 0 Å². The zero-order chi connectivity index (χ0) is 34.2. The van der Waals surface area contributed by atoms with Crippen molar-refractivity contribution in [3.8, 4) is 0 Å². The number of rotatable bonds is 11. The average molecular weight is 676 g/mol. The zero-order valence-electron chi connectivity index (χ0n) is 26.4. The third kappa shape index (κ3) is 6.75. The van der Waals surface area contributed by atoms with Crippen molar-refractivity contribution < 1.29 is 37.7 Å². The molecular weight excluding hydrogens is 639 g/mol. The molecule has 0 amide bonds. The highest BCUT2D eigenvalue weighted by Gasteiger charge is 2.53. The minimum absolute atomic E-state index is 0.111. The summed E-state index contributed by atoms with van der Waals surface area (Å²) in [4.78, 5) is 31.3. The predicted octanol–water partition coefficient (Wildman–Crippen LogP) is 1.09. The number of fused-ring (bicyclic) bond motifs is 1. The fraction of sp³-hybridized carbons (Fsp3) is 0.552. The van der Waals surface area contributed by atoms with E-state index in [0.29, 0.717) is 32.0 Å². The van der Waals surface area contributed by atoms with Gasteiger partial charge in [-0.2, -0.15) is 27.9 Å². The Hall–Kier alpha value is -4.46. The van der Waals surface area contributed by atoms with Crippen LogP contribution in [0.3, 0.4) is 0 Å². The Morgan fingerprint density at radius 3 is 2.65 bits per heavy atom. The average Bonchev–Trinajstić information content (AvgIpc) is 3.87. The van der Waals surface area contributed by atoms with E-state index in [9.17, 15) is 28.2 Å². The Labute approximate surface area is 272 Å². The first kappa shape index (κ1) is 33.4. The van der Waals surface area contributed by atoms with E-state index in [2.05, 4.69) is 30.6 Å². The third-order valence-electron chi connectivity index (χ3n) is 8.44. The molecule has 19 heteroatoms. The summed E-state index contributed by atoms with van der Waals surface area (Å²) in [6, 6.07) is 9.27. The SMILES string of the molecule is CCn1nnc([C@H]2O[C@@H](n3cnc4c(N[C@H](CO)Cc5ccccc5)nc(N5CC[C@@H](N(C)C)C5)nc43)C(OC(=O)C(F)(F)F)C2O)n1. The summed E-state index contributed by atoms with van der Waals surface area (Å²) in [7, 11) is 3.95. The lowest BCUT2D eigenvalue weighted by atomic mass is 10.1. The quantitative estimate of drug-likeness (QED) is 0.192. The molecule has 258 valence electrons. The van der Waals surface area contributed by atoms with Crippen molar-refractivity contribution in [2.45, 2.75) is 69.1 Å². The maximum Gasteiger partial charge on any atom is 0.490 e. The van der Waals surface area contributed by atoms with Crippen molar-refractivity contribution >= 4 is 28.9 Å². The van der Waals surface area contributed by atoms with Crippen molar-refractivity contribution in [3.05, 3.63) is 48.0 Å². The van der Waals surface area contributed by atoms with Gasteiger partial charge in [0, 0.05) is 19.1 Å². The Balaban J connectivity index is 1.42. The van der Waals surface area contributed by atoms with Crippen molar-refractivity contribution in [3.63, 3.8) is 0 Å². The number of likely N-dealkylation sites (N-methyl/N-ethyl adjacent to an activating group) is 1. The number of benzene rings is 1. The number of esters is 1. The monoisotopic (exact) mass is 675 g/mol. The molecular formula is C29H36F3N11O5. The highest BCUT2D eigenvalue weighted by atomic mass is 19.4. The molecule has 3 aromatic heterocycles. The van der Waals surface area contributed by atoms with Crippen LogP contribution in [0.4, 0.5) is 24.9 Å². The van der Waals surface area contributed by atoms with Gasteiger partial charge in [0.25, 0.3) is 0 Å². The van der Waals surface area contributed by atoms with Crippen LogP contribution in [0.1, 0.15) is 37.1 Å². The number of aryl methyl sites for hydroxylation is 1. The van der Waals surface area contributed by atoms with Crippen LogP contribution in [0.15, 0.2) is 36.7 Å². The summed E-state index contributed by atoms with van der Waals surface area (Å²) in [5.74, 6) is -2.05. The van der Waals surface area contributed by atoms with E-state index in [1.54, 1.807) is 6.92 Å². The van der Waals surface area contributed by atoms with E-state index >= 15 is 0 Å². The topological polar surface area (TPSA) is 182 Å². The van der Waals surface area contributed by atoms with E-state index < -0.39 is 42.7 Å². The highest BCUT2D eigenvalue weighted by molar-refractivity contribution is 5.85. The van der Waals surface area contributed by atoms with Gasteiger partial charge in [0.05, 0.1) is 25.5 Å². The number of aromatic nitrogens is 8. The summed E-state index contributed by atoms with van der Waals surface area (Å²) >= 11 is 0. The molecule has 0 radical (unpaired) electrons. The van der Waals surface area contributed by atoms with Crippen LogP contribution in [0, 0.1) is 0 Å². The van der Waals surface area contributed by atoms with Crippen LogP contribution in [0.2, 0.25) is 0 Å². The van der Waals surface area contributed by atoms with Crippen LogP contribution in [0.25, 0.3) is 11.2 Å². The number of alkyl halides is 3. The second-order valence-corrected chi connectivity index (χ2v) is 11.9. The number of aliphatic hydroxyl groups excluding tert-OH is 2. The number of nitrogens with one attached hydrogen (secondary N) is 1.